The Morgan fingerprint density at radius 2 is 2.38 bits per heavy atom. The Kier molecular flexibility index (Phi) is 3.88. The molecule has 0 bridgehead atoms. The molecule has 1 aliphatic heterocycles. The van der Waals surface area contributed by atoms with Crippen LogP contribution >= 0.6 is 0 Å². The second-order valence-corrected chi connectivity index (χ2v) is 3.85. The van der Waals surface area contributed by atoms with Crippen molar-refractivity contribution >= 4 is 5.82 Å². The largest absolute Gasteiger partial charge is 0.370 e. The predicted molar refractivity (Wildman–Crippen MR) is 62.9 cm³/mol. The average Bonchev–Trinajstić information content (AvgIpc) is 2.33. The predicted octanol–water partition coefficient (Wildman–Crippen LogP) is 1.94. The maximum Gasteiger partial charge on any atom is 0.141 e. The fourth-order valence-corrected chi connectivity index (χ4v) is 1.73. The van der Waals surface area contributed by atoms with Gasteiger partial charge in [0.25, 0.3) is 0 Å². The molecule has 0 saturated heterocycles. The number of anilines is 1. The lowest BCUT2D eigenvalue weighted by Crippen LogP contribution is -2.21. The highest BCUT2D eigenvalue weighted by Crippen LogP contribution is 2.10. The zero-order chi connectivity index (χ0) is 11.2. The minimum absolute atomic E-state index is 0.299. The SMILES string of the molecule is Fc1ccc(NCCC2=CCNCC2)nc1. The van der Waals surface area contributed by atoms with Crippen molar-refractivity contribution in [3.05, 3.63) is 35.8 Å². The Bertz CT molecular complexity index is 359. The molecule has 2 N–H and O–H groups in total. The van der Waals surface area contributed by atoms with Gasteiger partial charge < -0.3 is 10.6 Å². The molecule has 0 radical (unpaired) electrons. The zero-order valence-corrected chi connectivity index (χ0v) is 9.17. The molecule has 1 aromatic rings. The summed E-state index contributed by atoms with van der Waals surface area (Å²) >= 11 is 0. The zero-order valence-electron chi connectivity index (χ0n) is 9.17. The lowest BCUT2D eigenvalue weighted by Gasteiger charge is -2.14. The fraction of sp³-hybridized carbons (Fsp3) is 0.417. The summed E-state index contributed by atoms with van der Waals surface area (Å²) in [5, 5.41) is 6.46. The molecular weight excluding hydrogens is 205 g/mol. The highest BCUT2D eigenvalue weighted by atomic mass is 19.1. The molecule has 0 aliphatic carbocycles. The van der Waals surface area contributed by atoms with Gasteiger partial charge in [-0.15, -0.1) is 0 Å². The Hall–Kier alpha value is -1.42. The molecule has 1 aromatic heterocycles. The monoisotopic (exact) mass is 221 g/mol. The summed E-state index contributed by atoms with van der Waals surface area (Å²) in [6.07, 6.45) is 5.62. The standard InChI is InChI=1S/C12H16FN3/c13-11-1-2-12(16-9-11)15-8-5-10-3-6-14-7-4-10/h1-3,9,14H,4-8H2,(H,15,16). The van der Waals surface area contributed by atoms with E-state index in [1.807, 2.05) is 0 Å². The van der Waals surface area contributed by atoms with Crippen molar-refractivity contribution < 1.29 is 4.39 Å². The molecule has 0 saturated carbocycles. The molecule has 16 heavy (non-hydrogen) atoms. The van der Waals surface area contributed by atoms with Gasteiger partial charge in [0.2, 0.25) is 0 Å². The van der Waals surface area contributed by atoms with E-state index in [2.05, 4.69) is 21.7 Å². The van der Waals surface area contributed by atoms with Gasteiger partial charge in [0.05, 0.1) is 6.20 Å². The minimum Gasteiger partial charge on any atom is -0.370 e. The van der Waals surface area contributed by atoms with Crippen LogP contribution in [0.25, 0.3) is 0 Å². The first-order valence-corrected chi connectivity index (χ1v) is 5.58. The molecule has 0 aromatic carbocycles. The van der Waals surface area contributed by atoms with E-state index in [4.69, 9.17) is 0 Å². The first-order chi connectivity index (χ1) is 7.84. The molecule has 3 nitrogen and oxygen atoms in total. The molecule has 0 atom stereocenters. The van der Waals surface area contributed by atoms with Gasteiger partial charge in [-0.05, 0) is 31.5 Å². The number of aromatic nitrogens is 1. The first-order valence-electron chi connectivity index (χ1n) is 5.58. The van der Waals surface area contributed by atoms with Crippen molar-refractivity contribution in [3.63, 3.8) is 0 Å². The van der Waals surface area contributed by atoms with Crippen LogP contribution in [0, 0.1) is 5.82 Å². The van der Waals surface area contributed by atoms with E-state index in [9.17, 15) is 4.39 Å². The molecule has 0 unspecified atom stereocenters. The first kappa shape index (κ1) is 11.1. The highest BCUT2D eigenvalue weighted by molar-refractivity contribution is 5.33. The average molecular weight is 221 g/mol. The molecule has 0 fully saturated rings. The van der Waals surface area contributed by atoms with E-state index in [0.29, 0.717) is 0 Å². The number of nitrogens with zero attached hydrogens (tertiary/aromatic N) is 1. The van der Waals surface area contributed by atoms with Crippen molar-refractivity contribution in [1.29, 1.82) is 0 Å². The quantitative estimate of drug-likeness (QED) is 0.763. The normalized spacial score (nSPS) is 15.7. The highest BCUT2D eigenvalue weighted by Gasteiger charge is 2.02. The number of pyridine rings is 1. The van der Waals surface area contributed by atoms with Crippen LogP contribution in [-0.2, 0) is 0 Å². The third-order valence-corrected chi connectivity index (χ3v) is 2.64. The number of hydrogen-bond acceptors (Lipinski definition) is 3. The van der Waals surface area contributed by atoms with E-state index in [0.717, 1.165) is 38.3 Å². The summed E-state index contributed by atoms with van der Waals surface area (Å²) in [5.41, 5.74) is 1.48. The van der Waals surface area contributed by atoms with Crippen LogP contribution in [0.1, 0.15) is 12.8 Å². The van der Waals surface area contributed by atoms with Gasteiger partial charge >= 0.3 is 0 Å². The molecule has 2 rings (SSSR count). The summed E-state index contributed by atoms with van der Waals surface area (Å²) in [4.78, 5) is 3.94. The van der Waals surface area contributed by atoms with E-state index < -0.39 is 0 Å². The molecule has 0 amide bonds. The van der Waals surface area contributed by atoms with Crippen LogP contribution in [-0.4, -0.2) is 24.6 Å². The minimum atomic E-state index is -0.299. The number of halogens is 1. The number of rotatable bonds is 4. The van der Waals surface area contributed by atoms with Crippen molar-refractivity contribution in [1.82, 2.24) is 10.3 Å². The molecule has 1 aliphatic rings. The lowest BCUT2D eigenvalue weighted by atomic mass is 10.1. The van der Waals surface area contributed by atoms with E-state index in [1.165, 1.54) is 17.8 Å². The van der Waals surface area contributed by atoms with E-state index >= 15 is 0 Å². The molecular formula is C12H16FN3. The van der Waals surface area contributed by atoms with Gasteiger partial charge in [-0.1, -0.05) is 11.6 Å². The molecule has 4 heteroatoms. The summed E-state index contributed by atoms with van der Waals surface area (Å²) in [6.45, 7) is 2.90. The van der Waals surface area contributed by atoms with E-state index in [-0.39, 0.29) is 5.82 Å². The van der Waals surface area contributed by atoms with Crippen molar-refractivity contribution in [2.24, 2.45) is 0 Å². The third kappa shape index (κ3) is 3.31. The van der Waals surface area contributed by atoms with Crippen LogP contribution in [0.4, 0.5) is 10.2 Å². The van der Waals surface area contributed by atoms with Gasteiger partial charge in [0.15, 0.2) is 0 Å². The summed E-state index contributed by atoms with van der Waals surface area (Å²) in [7, 11) is 0. The van der Waals surface area contributed by atoms with Crippen LogP contribution in [0.3, 0.4) is 0 Å². The van der Waals surface area contributed by atoms with Crippen LogP contribution < -0.4 is 10.6 Å². The molecule has 86 valence electrons. The Morgan fingerprint density at radius 1 is 1.44 bits per heavy atom. The van der Waals surface area contributed by atoms with Crippen LogP contribution in [0.2, 0.25) is 0 Å². The number of nitrogens with one attached hydrogen (secondary N) is 2. The summed E-state index contributed by atoms with van der Waals surface area (Å²) in [5.74, 6) is 0.433. The maximum atomic E-state index is 12.6. The molecule has 0 spiro atoms. The second-order valence-electron chi connectivity index (χ2n) is 3.85. The van der Waals surface area contributed by atoms with Crippen molar-refractivity contribution in [2.45, 2.75) is 12.8 Å². The smallest absolute Gasteiger partial charge is 0.141 e. The Balaban J connectivity index is 1.75. The summed E-state index contributed by atoms with van der Waals surface area (Å²) < 4.78 is 12.6. The Morgan fingerprint density at radius 3 is 3.06 bits per heavy atom. The van der Waals surface area contributed by atoms with Gasteiger partial charge in [-0.25, -0.2) is 9.37 Å². The van der Waals surface area contributed by atoms with E-state index in [1.54, 1.807) is 6.07 Å². The third-order valence-electron chi connectivity index (χ3n) is 2.64. The number of hydrogen-bond donors (Lipinski definition) is 2. The maximum absolute atomic E-state index is 12.6. The lowest BCUT2D eigenvalue weighted by molar-refractivity contribution is 0.621. The topological polar surface area (TPSA) is 37.0 Å². The Labute approximate surface area is 94.8 Å². The molecule has 2 heterocycles. The van der Waals surface area contributed by atoms with Gasteiger partial charge in [0, 0.05) is 13.1 Å². The fourth-order valence-electron chi connectivity index (χ4n) is 1.73. The van der Waals surface area contributed by atoms with Crippen molar-refractivity contribution in [3.8, 4) is 0 Å². The van der Waals surface area contributed by atoms with Crippen LogP contribution in [0.15, 0.2) is 30.0 Å². The van der Waals surface area contributed by atoms with Gasteiger partial charge in [0.1, 0.15) is 11.6 Å². The van der Waals surface area contributed by atoms with Crippen molar-refractivity contribution in [2.75, 3.05) is 25.0 Å². The van der Waals surface area contributed by atoms with Gasteiger partial charge in [-0.2, -0.15) is 0 Å². The van der Waals surface area contributed by atoms with Crippen LogP contribution in [0.5, 0.6) is 0 Å². The second kappa shape index (κ2) is 5.61. The van der Waals surface area contributed by atoms with Gasteiger partial charge in [-0.3, -0.25) is 0 Å². The summed E-state index contributed by atoms with van der Waals surface area (Å²) in [6, 6.07) is 3.07.